The van der Waals surface area contributed by atoms with Gasteiger partial charge in [0.05, 0.1) is 0 Å². The SMILES string of the molecule is [CH2-]CCCC.[CH3-].[Cd+2]. The quantitative estimate of drug-likeness (QED) is 0.472. The van der Waals surface area contributed by atoms with Crippen LogP contribution in [0.25, 0.3) is 0 Å². The van der Waals surface area contributed by atoms with E-state index < -0.39 is 0 Å². The van der Waals surface area contributed by atoms with Gasteiger partial charge in [-0.05, 0) is 0 Å². The summed E-state index contributed by atoms with van der Waals surface area (Å²) in [7, 11) is 0. The molecule has 0 aliphatic rings. The van der Waals surface area contributed by atoms with Crippen LogP contribution < -0.4 is 0 Å². The van der Waals surface area contributed by atoms with Gasteiger partial charge in [0.1, 0.15) is 0 Å². The van der Waals surface area contributed by atoms with Gasteiger partial charge in [-0.25, -0.2) is 0 Å². The molecule has 0 aromatic carbocycles. The van der Waals surface area contributed by atoms with E-state index in [1.165, 1.54) is 12.8 Å². The van der Waals surface area contributed by atoms with Crippen LogP contribution in [0.2, 0.25) is 0 Å². The molecule has 0 aliphatic carbocycles. The zero-order chi connectivity index (χ0) is 4.12. The van der Waals surface area contributed by atoms with Crippen molar-refractivity contribution < 1.29 is 27.3 Å². The fourth-order valence-corrected chi connectivity index (χ4v) is 0.250. The Labute approximate surface area is 67.9 Å². The first-order valence-corrected chi connectivity index (χ1v) is 2.21. The molecule has 0 bridgehead atoms. The second-order valence-electron chi connectivity index (χ2n) is 1.21. The van der Waals surface area contributed by atoms with E-state index in [-0.39, 0.29) is 34.7 Å². The molecule has 0 radical (unpaired) electrons. The van der Waals surface area contributed by atoms with Crippen molar-refractivity contribution in [2.75, 3.05) is 0 Å². The Balaban J connectivity index is -0.0000000800. The monoisotopic (exact) mass is 200 g/mol. The summed E-state index contributed by atoms with van der Waals surface area (Å²) in [6.07, 6.45) is 3.65. The molecule has 0 saturated heterocycles. The summed E-state index contributed by atoms with van der Waals surface area (Å²) in [6.45, 7) is 5.85. The van der Waals surface area contributed by atoms with Gasteiger partial charge in [-0.3, -0.25) is 0 Å². The van der Waals surface area contributed by atoms with Crippen LogP contribution >= 0.6 is 0 Å². The standard InChI is InChI=1S/C5H11.CH3.Cd/c1-3-5-4-2;;/h1,3-5H2,2H3;1H3;/q2*-1;+2. The largest absolute Gasteiger partial charge is 2.00 e. The molecular formula is C6H14Cd. The second kappa shape index (κ2) is 15.8. The molecule has 0 aliphatic heterocycles. The maximum atomic E-state index is 3.68. The van der Waals surface area contributed by atoms with Gasteiger partial charge in [-0.1, -0.05) is 19.8 Å². The molecular weight excluding hydrogens is 184 g/mol. The summed E-state index contributed by atoms with van der Waals surface area (Å²) in [4.78, 5) is 0. The molecule has 0 unspecified atom stereocenters. The van der Waals surface area contributed by atoms with Crippen LogP contribution in [0.15, 0.2) is 0 Å². The van der Waals surface area contributed by atoms with E-state index in [1.807, 2.05) is 0 Å². The number of unbranched alkanes of at least 4 members (excludes halogenated alkanes) is 2. The Morgan fingerprint density at radius 1 is 1.43 bits per heavy atom. The van der Waals surface area contributed by atoms with Crippen molar-refractivity contribution in [2.24, 2.45) is 0 Å². The molecule has 0 spiro atoms. The van der Waals surface area contributed by atoms with E-state index in [1.54, 1.807) is 0 Å². The average molecular weight is 199 g/mol. The maximum absolute atomic E-state index is 3.68. The molecule has 0 fully saturated rings. The van der Waals surface area contributed by atoms with Gasteiger partial charge < -0.3 is 14.4 Å². The summed E-state index contributed by atoms with van der Waals surface area (Å²) in [5.74, 6) is 0. The van der Waals surface area contributed by atoms with Crippen LogP contribution in [-0.4, -0.2) is 0 Å². The first kappa shape index (κ1) is 15.7. The van der Waals surface area contributed by atoms with Crippen molar-refractivity contribution in [2.45, 2.75) is 26.2 Å². The molecule has 0 atom stereocenters. The fourth-order valence-electron chi connectivity index (χ4n) is 0.250. The van der Waals surface area contributed by atoms with Crippen LogP contribution in [0.5, 0.6) is 0 Å². The van der Waals surface area contributed by atoms with Crippen LogP contribution in [0.3, 0.4) is 0 Å². The van der Waals surface area contributed by atoms with Crippen molar-refractivity contribution in [3.63, 3.8) is 0 Å². The summed E-state index contributed by atoms with van der Waals surface area (Å²) >= 11 is 0. The van der Waals surface area contributed by atoms with Crippen molar-refractivity contribution in [1.82, 2.24) is 0 Å². The first-order chi connectivity index (χ1) is 2.41. The van der Waals surface area contributed by atoms with Gasteiger partial charge in [0.2, 0.25) is 0 Å². The van der Waals surface area contributed by atoms with Gasteiger partial charge in [0, 0.05) is 0 Å². The topological polar surface area (TPSA) is 0 Å². The third kappa shape index (κ3) is 19.6. The third-order valence-corrected chi connectivity index (χ3v) is 0.604. The smallest absolute Gasteiger partial charge is 0.358 e. The molecule has 7 heavy (non-hydrogen) atoms. The Hall–Kier alpha value is 0.922. The predicted molar refractivity (Wildman–Crippen MR) is 31.3 cm³/mol. The molecule has 0 amide bonds. The molecule has 0 aromatic rings. The van der Waals surface area contributed by atoms with Gasteiger partial charge >= 0.3 is 27.3 Å². The van der Waals surface area contributed by atoms with Crippen molar-refractivity contribution in [3.8, 4) is 0 Å². The Morgan fingerprint density at radius 2 is 1.86 bits per heavy atom. The van der Waals surface area contributed by atoms with E-state index in [0.29, 0.717) is 0 Å². The Bertz CT molecular complexity index is 11.7. The van der Waals surface area contributed by atoms with E-state index >= 15 is 0 Å². The number of hydrogen-bond acceptors (Lipinski definition) is 0. The maximum Gasteiger partial charge on any atom is 2.00 e. The van der Waals surface area contributed by atoms with Gasteiger partial charge in [0.25, 0.3) is 0 Å². The normalized spacial score (nSPS) is 6.00. The Kier molecular flexibility index (Phi) is 35.3. The van der Waals surface area contributed by atoms with Crippen LogP contribution in [-0.2, 0) is 27.3 Å². The van der Waals surface area contributed by atoms with Gasteiger partial charge in [0.15, 0.2) is 0 Å². The minimum absolute atomic E-state index is 0. The average Bonchev–Trinajstić information content (AvgIpc) is 1.41. The summed E-state index contributed by atoms with van der Waals surface area (Å²) in [5, 5.41) is 0. The molecule has 0 aromatic heterocycles. The van der Waals surface area contributed by atoms with Crippen LogP contribution in [0.1, 0.15) is 26.2 Å². The van der Waals surface area contributed by atoms with Crippen molar-refractivity contribution >= 4 is 0 Å². The molecule has 0 rings (SSSR count). The fraction of sp³-hybridized carbons (Fsp3) is 0.667. The Morgan fingerprint density at radius 3 is 1.86 bits per heavy atom. The molecule has 40 valence electrons. The number of hydrogen-bond donors (Lipinski definition) is 0. The molecule has 0 nitrogen and oxygen atoms in total. The number of rotatable bonds is 2. The van der Waals surface area contributed by atoms with E-state index in [4.69, 9.17) is 0 Å². The molecule has 1 heteroatoms. The van der Waals surface area contributed by atoms with E-state index in [0.717, 1.165) is 6.42 Å². The predicted octanol–water partition coefficient (Wildman–Crippen LogP) is 2.46. The van der Waals surface area contributed by atoms with Crippen molar-refractivity contribution in [3.05, 3.63) is 14.4 Å². The summed E-state index contributed by atoms with van der Waals surface area (Å²) in [5.41, 5.74) is 0. The first-order valence-electron chi connectivity index (χ1n) is 2.21. The molecule has 0 saturated carbocycles. The van der Waals surface area contributed by atoms with Crippen molar-refractivity contribution in [1.29, 1.82) is 0 Å². The summed E-state index contributed by atoms with van der Waals surface area (Å²) < 4.78 is 0. The minimum Gasteiger partial charge on any atom is -0.358 e. The molecule has 0 N–H and O–H groups in total. The van der Waals surface area contributed by atoms with Gasteiger partial charge in [-0.2, -0.15) is 6.42 Å². The van der Waals surface area contributed by atoms with Crippen LogP contribution in [0, 0.1) is 14.4 Å². The molecule has 0 heterocycles. The zero-order valence-corrected chi connectivity index (χ0v) is 9.57. The van der Waals surface area contributed by atoms with Crippen LogP contribution in [0.4, 0.5) is 0 Å². The third-order valence-electron chi connectivity index (χ3n) is 0.604. The minimum atomic E-state index is 0. The van der Waals surface area contributed by atoms with E-state index in [9.17, 15) is 0 Å². The zero-order valence-electron chi connectivity index (χ0n) is 5.54. The second-order valence-corrected chi connectivity index (χ2v) is 1.21. The summed E-state index contributed by atoms with van der Waals surface area (Å²) in [6, 6.07) is 0. The van der Waals surface area contributed by atoms with E-state index in [2.05, 4.69) is 13.8 Å². The van der Waals surface area contributed by atoms with Gasteiger partial charge in [-0.15, -0.1) is 0 Å².